The maximum Gasteiger partial charge on any atom is 0.319 e. The van der Waals surface area contributed by atoms with E-state index in [2.05, 4.69) is 17.1 Å². The monoisotopic (exact) mass is 652 g/mol. The second-order valence-electron chi connectivity index (χ2n) is 15.5. The second-order valence-corrected chi connectivity index (χ2v) is 15.5. The lowest BCUT2D eigenvalue weighted by atomic mass is 9.74. The molecule has 4 fully saturated rings. The van der Waals surface area contributed by atoms with Gasteiger partial charge in [-0.1, -0.05) is 13.8 Å². The fraction of sp³-hybridized carbons (Fsp3) is 0.912. The van der Waals surface area contributed by atoms with Crippen molar-refractivity contribution in [1.82, 2.24) is 20.0 Å². The van der Waals surface area contributed by atoms with E-state index in [4.69, 9.17) is 18.9 Å². The van der Waals surface area contributed by atoms with Gasteiger partial charge < -0.3 is 39.2 Å². The summed E-state index contributed by atoms with van der Waals surface area (Å²) in [6.45, 7) is 14.7. The Bertz CT molecular complexity index is 1080. The predicted octanol–water partition coefficient (Wildman–Crippen LogP) is 1.39. The first kappa shape index (κ1) is 37.2. The SMILES string of the molecule is CO[C@]1(C)C[C@@H](C)CN(C)[C@H](C2CN(C(=O)C3CCNC3)C2)COC(=O)C(C)(C)C(=O)[C@H](C)[C@H]1O[C@@H]1O[C@H](C)C[C@H](N(C)C)[C@H]1O. The number of cyclic esters (lactones) is 1. The lowest BCUT2D eigenvalue weighted by molar-refractivity contribution is -0.295. The fourth-order valence-electron chi connectivity index (χ4n) is 8.12. The first-order valence-corrected chi connectivity index (χ1v) is 17.1. The van der Waals surface area contributed by atoms with E-state index < -0.39 is 41.4 Å². The molecule has 0 spiro atoms. The Morgan fingerprint density at radius 3 is 2.37 bits per heavy atom. The number of aliphatic hydroxyl groups excluding tert-OH is 1. The van der Waals surface area contributed by atoms with Gasteiger partial charge in [0.15, 0.2) is 12.1 Å². The van der Waals surface area contributed by atoms with Crippen LogP contribution in [0.2, 0.25) is 0 Å². The van der Waals surface area contributed by atoms with Gasteiger partial charge in [-0.2, -0.15) is 0 Å². The summed E-state index contributed by atoms with van der Waals surface area (Å²) in [6.07, 6.45) is -0.863. The Kier molecular flexibility index (Phi) is 12.0. The number of likely N-dealkylation sites (N-methyl/N-ethyl adjacent to an activating group) is 2. The van der Waals surface area contributed by atoms with E-state index in [1.807, 2.05) is 44.8 Å². The van der Waals surface area contributed by atoms with Crippen LogP contribution >= 0.6 is 0 Å². The highest BCUT2D eigenvalue weighted by Gasteiger charge is 2.52. The molecule has 0 aromatic rings. The molecule has 0 aliphatic carbocycles. The average Bonchev–Trinajstić information content (AvgIpc) is 3.51. The Balaban J connectivity index is 1.59. The van der Waals surface area contributed by atoms with Gasteiger partial charge in [0.05, 0.1) is 23.7 Å². The van der Waals surface area contributed by atoms with E-state index in [1.54, 1.807) is 27.9 Å². The number of amides is 1. The molecule has 1 amide bonds. The van der Waals surface area contributed by atoms with Crippen LogP contribution in [0.4, 0.5) is 0 Å². The number of ether oxygens (including phenoxy) is 4. The fourth-order valence-corrected chi connectivity index (χ4v) is 8.12. The van der Waals surface area contributed by atoms with Crippen LogP contribution in [0.1, 0.15) is 60.8 Å². The smallest absolute Gasteiger partial charge is 0.319 e. The van der Waals surface area contributed by atoms with Crippen LogP contribution in [0, 0.1) is 29.1 Å². The zero-order valence-corrected chi connectivity index (χ0v) is 29.8. The molecule has 10 atom stereocenters. The van der Waals surface area contributed by atoms with Gasteiger partial charge in [-0.25, -0.2) is 0 Å². The van der Waals surface area contributed by atoms with Gasteiger partial charge >= 0.3 is 5.97 Å². The molecule has 4 rings (SSSR count). The van der Waals surface area contributed by atoms with Gasteiger partial charge in [0.25, 0.3) is 0 Å². The summed E-state index contributed by atoms with van der Waals surface area (Å²) in [6, 6.07) is -0.302. The lowest BCUT2D eigenvalue weighted by Gasteiger charge is -2.48. The molecule has 4 heterocycles. The van der Waals surface area contributed by atoms with Crippen molar-refractivity contribution in [1.29, 1.82) is 0 Å². The van der Waals surface area contributed by atoms with E-state index in [-0.39, 0.29) is 54.2 Å². The number of aliphatic hydroxyl groups is 1. The topological polar surface area (TPSA) is 130 Å². The minimum atomic E-state index is -1.46. The Morgan fingerprint density at radius 2 is 1.78 bits per heavy atom. The highest BCUT2D eigenvalue weighted by atomic mass is 16.7. The number of carbonyl (C=O) groups excluding carboxylic acids is 3. The van der Waals surface area contributed by atoms with E-state index in [0.29, 0.717) is 32.5 Å². The van der Waals surface area contributed by atoms with Crippen LogP contribution in [-0.4, -0.2) is 147 Å². The van der Waals surface area contributed by atoms with Crippen LogP contribution in [0.3, 0.4) is 0 Å². The standard InChI is InChI=1S/C34H60N4O8/c1-20-14-34(6,43-10)29(46-31-27(39)25(36(7)8)13-21(2)45-31)22(3)28(40)33(4,5)32(42)44-19-26(37(9)16-20)24-17-38(18-24)30(41)23-11-12-35-15-23/h20-27,29,31,35,39H,11-19H2,1-10H3/t20-,21-,22+,23?,25+,26+,27-,29-,31+,34-/m1/s1. The molecule has 264 valence electrons. The summed E-state index contributed by atoms with van der Waals surface area (Å²) in [5, 5.41) is 14.6. The van der Waals surface area contributed by atoms with Gasteiger partial charge in [-0.05, 0) is 80.6 Å². The number of methoxy groups -OCH3 is 1. The number of ketones is 1. The highest BCUT2D eigenvalue weighted by molar-refractivity contribution is 6.04. The number of hydrogen-bond acceptors (Lipinski definition) is 11. The zero-order chi connectivity index (χ0) is 34.1. The molecule has 12 nitrogen and oxygen atoms in total. The first-order valence-electron chi connectivity index (χ1n) is 17.1. The number of nitrogens with one attached hydrogen (secondary N) is 1. The summed E-state index contributed by atoms with van der Waals surface area (Å²) in [4.78, 5) is 47.0. The van der Waals surface area contributed by atoms with Crippen LogP contribution in [0.15, 0.2) is 0 Å². The highest BCUT2D eigenvalue weighted by Crippen LogP contribution is 2.39. The van der Waals surface area contributed by atoms with Gasteiger partial charge in [0.1, 0.15) is 18.1 Å². The Hall–Kier alpha value is -1.67. The molecule has 0 radical (unpaired) electrons. The molecular formula is C34H60N4O8. The zero-order valence-electron chi connectivity index (χ0n) is 29.8. The summed E-state index contributed by atoms with van der Waals surface area (Å²) in [7, 11) is 7.48. The van der Waals surface area contributed by atoms with Crippen molar-refractivity contribution in [3.05, 3.63) is 0 Å². The number of carbonyl (C=O) groups is 3. The van der Waals surface area contributed by atoms with E-state index in [9.17, 15) is 19.5 Å². The minimum absolute atomic E-state index is 0.0318. The molecule has 0 saturated carbocycles. The number of nitrogens with zero attached hydrogens (tertiary/aromatic N) is 3. The number of Topliss-reactive ketones (excluding diaryl/α,β-unsaturated/α-hetero) is 1. The van der Waals surface area contributed by atoms with Crippen molar-refractivity contribution in [3.63, 3.8) is 0 Å². The van der Waals surface area contributed by atoms with Crippen molar-refractivity contribution < 1.29 is 38.4 Å². The number of esters is 1. The third-order valence-electron chi connectivity index (χ3n) is 11.1. The number of likely N-dealkylation sites (tertiary alicyclic amines) is 1. The lowest BCUT2D eigenvalue weighted by Crippen LogP contribution is -2.60. The van der Waals surface area contributed by atoms with Gasteiger partial charge in [0.2, 0.25) is 5.91 Å². The summed E-state index contributed by atoms with van der Waals surface area (Å²) in [5.41, 5.74) is -2.41. The molecule has 0 aromatic heterocycles. The van der Waals surface area contributed by atoms with Crippen molar-refractivity contribution in [2.75, 3.05) is 67.6 Å². The second kappa shape index (κ2) is 14.8. The molecule has 12 heteroatoms. The van der Waals surface area contributed by atoms with E-state index in [1.165, 1.54) is 0 Å². The van der Waals surface area contributed by atoms with Crippen LogP contribution < -0.4 is 5.32 Å². The van der Waals surface area contributed by atoms with Crippen LogP contribution in [0.5, 0.6) is 0 Å². The molecule has 1 unspecified atom stereocenters. The predicted molar refractivity (Wildman–Crippen MR) is 173 cm³/mol. The van der Waals surface area contributed by atoms with Crippen LogP contribution in [-0.2, 0) is 33.3 Å². The van der Waals surface area contributed by atoms with E-state index in [0.717, 1.165) is 19.5 Å². The Morgan fingerprint density at radius 1 is 1.11 bits per heavy atom. The maximum absolute atomic E-state index is 14.2. The van der Waals surface area contributed by atoms with Gasteiger partial charge in [-0.3, -0.25) is 19.3 Å². The molecule has 0 aromatic carbocycles. The summed E-state index contributed by atoms with van der Waals surface area (Å²) < 4.78 is 24.9. The third kappa shape index (κ3) is 7.79. The quantitative estimate of drug-likeness (QED) is 0.319. The largest absolute Gasteiger partial charge is 0.463 e. The van der Waals surface area contributed by atoms with Crippen molar-refractivity contribution >= 4 is 17.7 Å². The van der Waals surface area contributed by atoms with Crippen molar-refractivity contribution in [2.45, 2.75) is 103 Å². The van der Waals surface area contributed by atoms with Crippen molar-refractivity contribution in [3.8, 4) is 0 Å². The number of rotatable bonds is 6. The molecule has 46 heavy (non-hydrogen) atoms. The average molecular weight is 653 g/mol. The normalized spacial score (nSPS) is 40.5. The molecule has 2 N–H and O–H groups in total. The van der Waals surface area contributed by atoms with Crippen molar-refractivity contribution in [2.24, 2.45) is 29.1 Å². The van der Waals surface area contributed by atoms with Gasteiger partial charge in [-0.15, -0.1) is 0 Å². The first-order chi connectivity index (χ1) is 21.5. The Labute approximate surface area is 275 Å². The third-order valence-corrected chi connectivity index (χ3v) is 11.1. The molecule has 4 saturated heterocycles. The molecule has 4 aliphatic rings. The summed E-state index contributed by atoms with van der Waals surface area (Å²) >= 11 is 0. The summed E-state index contributed by atoms with van der Waals surface area (Å²) in [5.74, 6) is -1.22. The number of hydrogen-bond donors (Lipinski definition) is 2. The van der Waals surface area contributed by atoms with Gasteiger partial charge in [0, 0.05) is 57.2 Å². The minimum Gasteiger partial charge on any atom is -0.463 e. The van der Waals surface area contributed by atoms with Crippen LogP contribution in [0.25, 0.3) is 0 Å². The maximum atomic E-state index is 14.2. The molecule has 4 aliphatic heterocycles. The van der Waals surface area contributed by atoms with E-state index >= 15 is 0 Å². The molecular weight excluding hydrogens is 592 g/mol. The molecule has 0 bridgehead atoms.